The Bertz CT molecular complexity index is 914. The van der Waals surface area contributed by atoms with E-state index in [2.05, 4.69) is 0 Å². The third-order valence-electron chi connectivity index (χ3n) is 3.35. The lowest BCUT2D eigenvalue weighted by atomic mass is 10.1. The largest absolute Gasteiger partial charge is 0.506 e. The Morgan fingerprint density at radius 1 is 0.800 bits per heavy atom. The third-order valence-corrected chi connectivity index (χ3v) is 3.35. The van der Waals surface area contributed by atoms with Crippen LogP contribution in [0.25, 0.3) is 16.8 Å². The van der Waals surface area contributed by atoms with Gasteiger partial charge in [0, 0.05) is 11.5 Å². The van der Waals surface area contributed by atoms with Crippen LogP contribution in [-0.2, 0) is 4.79 Å². The number of rotatable bonds is 3. The maximum Gasteiger partial charge on any atom is 0.339 e. The fourth-order valence-electron chi connectivity index (χ4n) is 2.16. The van der Waals surface area contributed by atoms with E-state index in [-0.39, 0.29) is 11.3 Å². The zero-order valence-corrected chi connectivity index (χ0v) is 13.2. The minimum atomic E-state index is -1.12. The van der Waals surface area contributed by atoms with Crippen molar-refractivity contribution in [3.8, 4) is 5.75 Å². The predicted molar refractivity (Wildman–Crippen MR) is 95.7 cm³/mol. The van der Waals surface area contributed by atoms with Gasteiger partial charge in [-0.15, -0.1) is 0 Å². The molecule has 0 aliphatic rings. The SMILES string of the molecule is O=C(O)C=Cc1ccccc1.O=C(O)c1ccc2ccccc2c1O. The number of phenols is 1. The molecule has 126 valence electrons. The van der Waals surface area contributed by atoms with Crippen molar-refractivity contribution in [2.45, 2.75) is 0 Å². The van der Waals surface area contributed by atoms with Gasteiger partial charge < -0.3 is 15.3 Å². The number of hydrogen-bond donors (Lipinski definition) is 3. The smallest absolute Gasteiger partial charge is 0.339 e. The maximum atomic E-state index is 10.7. The molecule has 5 heteroatoms. The number of aliphatic carboxylic acids is 1. The number of aromatic hydroxyl groups is 1. The minimum Gasteiger partial charge on any atom is -0.506 e. The number of hydrogen-bond acceptors (Lipinski definition) is 3. The molecular weight excluding hydrogens is 320 g/mol. The van der Waals surface area contributed by atoms with Crippen molar-refractivity contribution in [2.24, 2.45) is 0 Å². The molecule has 3 rings (SSSR count). The molecule has 0 saturated carbocycles. The molecule has 5 nitrogen and oxygen atoms in total. The van der Waals surface area contributed by atoms with E-state index in [9.17, 15) is 14.7 Å². The van der Waals surface area contributed by atoms with Crippen LogP contribution in [0.1, 0.15) is 15.9 Å². The topological polar surface area (TPSA) is 94.8 Å². The molecule has 0 aromatic heterocycles. The Labute approximate surface area is 144 Å². The van der Waals surface area contributed by atoms with Gasteiger partial charge in [-0.2, -0.15) is 0 Å². The fraction of sp³-hybridized carbons (Fsp3) is 0. The quantitative estimate of drug-likeness (QED) is 0.628. The van der Waals surface area contributed by atoms with Gasteiger partial charge in [0.15, 0.2) is 0 Å². The average molecular weight is 336 g/mol. The second-order valence-electron chi connectivity index (χ2n) is 5.07. The zero-order valence-electron chi connectivity index (χ0n) is 13.2. The van der Waals surface area contributed by atoms with E-state index in [0.717, 1.165) is 17.0 Å². The predicted octanol–water partition coefficient (Wildman–Crippen LogP) is 4.03. The van der Waals surface area contributed by atoms with Crippen LogP contribution in [0, 0.1) is 0 Å². The molecule has 3 N–H and O–H groups in total. The van der Waals surface area contributed by atoms with Crippen molar-refractivity contribution in [1.29, 1.82) is 0 Å². The Morgan fingerprint density at radius 3 is 2.08 bits per heavy atom. The van der Waals surface area contributed by atoms with Gasteiger partial charge in [-0.25, -0.2) is 9.59 Å². The lowest BCUT2D eigenvalue weighted by Crippen LogP contribution is -1.96. The number of benzene rings is 3. The van der Waals surface area contributed by atoms with Gasteiger partial charge in [0.1, 0.15) is 11.3 Å². The average Bonchev–Trinajstić information content (AvgIpc) is 2.62. The molecule has 0 aliphatic carbocycles. The summed E-state index contributed by atoms with van der Waals surface area (Å²) in [5.41, 5.74) is 0.832. The normalized spacial score (nSPS) is 10.2. The van der Waals surface area contributed by atoms with Crippen LogP contribution in [-0.4, -0.2) is 27.3 Å². The van der Waals surface area contributed by atoms with Gasteiger partial charge in [-0.1, -0.05) is 60.7 Å². The number of carbonyl (C=O) groups is 2. The van der Waals surface area contributed by atoms with Crippen LogP contribution in [0.3, 0.4) is 0 Å². The first-order valence-electron chi connectivity index (χ1n) is 7.39. The molecule has 0 atom stereocenters. The standard InChI is InChI=1S/C11H8O3.C9H8O2/c12-10-8-4-2-1-3-7(8)5-6-9(10)11(13)14;10-9(11)7-6-8-4-2-1-3-5-8/h1-6,12H,(H,13,14);1-7H,(H,10,11). The van der Waals surface area contributed by atoms with Gasteiger partial charge >= 0.3 is 11.9 Å². The molecule has 3 aromatic rings. The van der Waals surface area contributed by atoms with E-state index in [0.29, 0.717) is 5.39 Å². The van der Waals surface area contributed by atoms with E-state index in [1.54, 1.807) is 24.3 Å². The van der Waals surface area contributed by atoms with Gasteiger partial charge in [0.25, 0.3) is 0 Å². The third kappa shape index (κ3) is 4.94. The Morgan fingerprint density at radius 2 is 1.44 bits per heavy atom. The van der Waals surface area contributed by atoms with Gasteiger partial charge in [-0.3, -0.25) is 0 Å². The molecule has 0 saturated heterocycles. The Hall–Kier alpha value is -3.60. The number of carboxylic acids is 2. The highest BCUT2D eigenvalue weighted by Gasteiger charge is 2.11. The lowest BCUT2D eigenvalue weighted by molar-refractivity contribution is -0.131. The molecular formula is C20H16O5. The summed E-state index contributed by atoms with van der Waals surface area (Å²) in [6.07, 6.45) is 2.68. The van der Waals surface area contributed by atoms with E-state index in [4.69, 9.17) is 10.2 Å². The first-order valence-corrected chi connectivity index (χ1v) is 7.39. The lowest BCUT2D eigenvalue weighted by Gasteiger charge is -2.03. The van der Waals surface area contributed by atoms with E-state index in [1.165, 1.54) is 6.07 Å². The highest BCUT2D eigenvalue weighted by Crippen LogP contribution is 2.28. The van der Waals surface area contributed by atoms with E-state index < -0.39 is 11.9 Å². The van der Waals surface area contributed by atoms with Crippen LogP contribution in [0.15, 0.2) is 72.8 Å². The summed E-state index contributed by atoms with van der Waals surface area (Å²) in [5, 5.41) is 28.1. The molecule has 0 aliphatic heterocycles. The highest BCUT2D eigenvalue weighted by atomic mass is 16.4. The maximum absolute atomic E-state index is 10.7. The molecule has 25 heavy (non-hydrogen) atoms. The summed E-state index contributed by atoms with van der Waals surface area (Å²) in [6, 6.07) is 19.5. The summed E-state index contributed by atoms with van der Waals surface area (Å²) in [4.78, 5) is 20.8. The Balaban J connectivity index is 0.000000186. The molecule has 0 amide bonds. The van der Waals surface area contributed by atoms with Crippen LogP contribution in [0.2, 0.25) is 0 Å². The summed E-state index contributed by atoms with van der Waals surface area (Å²) >= 11 is 0. The van der Waals surface area contributed by atoms with Gasteiger partial charge in [-0.05, 0) is 23.1 Å². The van der Waals surface area contributed by atoms with Crippen molar-refractivity contribution in [2.75, 3.05) is 0 Å². The van der Waals surface area contributed by atoms with Gasteiger partial charge in [0.2, 0.25) is 0 Å². The second kappa shape index (κ2) is 8.31. The van der Waals surface area contributed by atoms with Crippen LogP contribution < -0.4 is 0 Å². The van der Waals surface area contributed by atoms with E-state index >= 15 is 0 Å². The van der Waals surface area contributed by atoms with Crippen molar-refractivity contribution < 1.29 is 24.9 Å². The van der Waals surface area contributed by atoms with Crippen molar-refractivity contribution in [1.82, 2.24) is 0 Å². The van der Waals surface area contributed by atoms with Crippen LogP contribution in [0.5, 0.6) is 5.75 Å². The highest BCUT2D eigenvalue weighted by molar-refractivity contribution is 6.00. The Kier molecular flexibility index (Phi) is 5.90. The summed E-state index contributed by atoms with van der Waals surface area (Å²) < 4.78 is 0. The molecule has 0 spiro atoms. The van der Waals surface area contributed by atoms with Crippen LogP contribution >= 0.6 is 0 Å². The van der Waals surface area contributed by atoms with E-state index in [1.807, 2.05) is 42.5 Å². The molecule has 0 heterocycles. The zero-order chi connectivity index (χ0) is 18.2. The first kappa shape index (κ1) is 17.7. The fourth-order valence-corrected chi connectivity index (χ4v) is 2.16. The van der Waals surface area contributed by atoms with Crippen molar-refractivity contribution in [3.63, 3.8) is 0 Å². The minimum absolute atomic E-state index is 0.0660. The molecule has 0 bridgehead atoms. The van der Waals surface area contributed by atoms with Crippen molar-refractivity contribution in [3.05, 3.63) is 83.9 Å². The summed E-state index contributed by atoms with van der Waals surface area (Å²) in [7, 11) is 0. The first-order chi connectivity index (χ1) is 12.0. The number of carboxylic acid groups (broad SMARTS) is 2. The monoisotopic (exact) mass is 336 g/mol. The second-order valence-corrected chi connectivity index (χ2v) is 5.07. The summed E-state index contributed by atoms with van der Waals surface area (Å²) in [5.74, 6) is -2.21. The molecule has 0 radical (unpaired) electrons. The number of fused-ring (bicyclic) bond motifs is 1. The number of aromatic carboxylic acids is 1. The summed E-state index contributed by atoms with van der Waals surface area (Å²) in [6.45, 7) is 0. The van der Waals surface area contributed by atoms with Gasteiger partial charge in [0.05, 0.1) is 0 Å². The molecule has 3 aromatic carbocycles. The van der Waals surface area contributed by atoms with Crippen molar-refractivity contribution >= 4 is 28.8 Å². The van der Waals surface area contributed by atoms with Crippen LogP contribution in [0.4, 0.5) is 0 Å². The molecule has 0 unspecified atom stereocenters. The molecule has 0 fully saturated rings.